The number of rotatable bonds is 4. The van der Waals surface area contributed by atoms with E-state index >= 15 is 0 Å². The molecule has 0 radical (unpaired) electrons. The smallest absolute Gasteiger partial charge is 0.408 e. The molecule has 0 bridgehead atoms. The third-order valence-electron chi connectivity index (χ3n) is 3.39. The fourth-order valence-corrected chi connectivity index (χ4v) is 2.34. The summed E-state index contributed by atoms with van der Waals surface area (Å²) >= 11 is 0. The van der Waals surface area contributed by atoms with Crippen LogP contribution < -0.4 is 5.32 Å². The van der Waals surface area contributed by atoms with Gasteiger partial charge in [-0.1, -0.05) is 0 Å². The third kappa shape index (κ3) is 6.73. The topological polar surface area (TPSA) is 75.6 Å². The van der Waals surface area contributed by atoms with Crippen molar-refractivity contribution in [2.24, 2.45) is 5.92 Å². The molecular weight excluding hydrogens is 284 g/mol. The van der Waals surface area contributed by atoms with Crippen molar-refractivity contribution in [3.05, 3.63) is 0 Å². The number of hydrogen-bond donors (Lipinski definition) is 2. The van der Waals surface area contributed by atoms with Gasteiger partial charge >= 0.3 is 12.1 Å². The van der Waals surface area contributed by atoms with Crippen LogP contribution in [0.4, 0.5) is 13.6 Å². The highest BCUT2D eigenvalue weighted by atomic mass is 19.3. The number of halogens is 2. The highest BCUT2D eigenvalue weighted by Crippen LogP contribution is 2.37. The van der Waals surface area contributed by atoms with Crippen LogP contribution in [0, 0.1) is 5.92 Å². The lowest BCUT2D eigenvalue weighted by atomic mass is 9.83. The maximum atomic E-state index is 13.1. The number of aliphatic carboxylic acids is 1. The Hall–Kier alpha value is -1.40. The van der Waals surface area contributed by atoms with Gasteiger partial charge in [0, 0.05) is 12.8 Å². The summed E-state index contributed by atoms with van der Waals surface area (Å²) in [5.74, 6) is -3.95. The molecule has 0 aromatic rings. The van der Waals surface area contributed by atoms with Crippen molar-refractivity contribution in [2.45, 2.75) is 70.4 Å². The summed E-state index contributed by atoms with van der Waals surface area (Å²) in [5, 5.41) is 11.4. The zero-order valence-electron chi connectivity index (χ0n) is 12.6. The summed E-state index contributed by atoms with van der Waals surface area (Å²) in [4.78, 5) is 22.8. The van der Waals surface area contributed by atoms with E-state index in [1.165, 1.54) is 0 Å². The van der Waals surface area contributed by atoms with E-state index in [1.54, 1.807) is 20.8 Å². The number of carboxylic acids is 1. The van der Waals surface area contributed by atoms with E-state index in [0.717, 1.165) is 0 Å². The zero-order chi connectivity index (χ0) is 16.3. The molecule has 1 amide bonds. The summed E-state index contributed by atoms with van der Waals surface area (Å²) in [6, 6.07) is -1.11. The van der Waals surface area contributed by atoms with E-state index in [-0.39, 0.29) is 38.0 Å². The van der Waals surface area contributed by atoms with Crippen molar-refractivity contribution in [2.75, 3.05) is 0 Å². The van der Waals surface area contributed by atoms with E-state index in [2.05, 4.69) is 5.32 Å². The second kappa shape index (κ2) is 6.58. The molecule has 0 aromatic heterocycles. The highest BCUT2D eigenvalue weighted by Gasteiger charge is 2.36. The standard InChI is InChI=1S/C14H23F2NO4/c1-13(2,3)21-12(20)17-10(11(18)19)8-9-4-6-14(15,16)7-5-9/h9-10H,4-8H2,1-3H3,(H,17,20)(H,18,19)/t10-/m1/s1. The summed E-state index contributed by atoms with van der Waals surface area (Å²) in [6.45, 7) is 5.02. The Kier molecular flexibility index (Phi) is 5.53. The molecule has 0 aliphatic heterocycles. The summed E-state index contributed by atoms with van der Waals surface area (Å²) in [6.07, 6.45) is -0.576. The van der Waals surface area contributed by atoms with Crippen molar-refractivity contribution in [1.29, 1.82) is 0 Å². The molecule has 1 rings (SSSR count). The molecule has 0 spiro atoms. The van der Waals surface area contributed by atoms with Crippen LogP contribution >= 0.6 is 0 Å². The number of alkyl halides is 2. The number of carboxylic acid groups (broad SMARTS) is 1. The fraction of sp³-hybridized carbons (Fsp3) is 0.857. The molecule has 1 saturated carbocycles. The van der Waals surface area contributed by atoms with Gasteiger partial charge in [0.15, 0.2) is 0 Å². The van der Waals surface area contributed by atoms with Gasteiger partial charge in [0.25, 0.3) is 0 Å². The van der Waals surface area contributed by atoms with Crippen LogP contribution in [0.15, 0.2) is 0 Å². The van der Waals surface area contributed by atoms with E-state index in [1.807, 2.05) is 0 Å². The second-order valence-electron chi connectivity index (χ2n) is 6.57. The largest absolute Gasteiger partial charge is 0.480 e. The van der Waals surface area contributed by atoms with Gasteiger partial charge in [-0.25, -0.2) is 18.4 Å². The first-order valence-corrected chi connectivity index (χ1v) is 7.09. The monoisotopic (exact) mass is 307 g/mol. The van der Waals surface area contributed by atoms with Gasteiger partial charge in [0.05, 0.1) is 0 Å². The quantitative estimate of drug-likeness (QED) is 0.836. The molecule has 7 heteroatoms. The number of carbonyl (C=O) groups is 2. The Morgan fingerprint density at radius 3 is 2.29 bits per heavy atom. The van der Waals surface area contributed by atoms with Crippen LogP contribution in [0.25, 0.3) is 0 Å². The number of amides is 1. The Balaban J connectivity index is 2.51. The Labute approximate surface area is 123 Å². The minimum absolute atomic E-state index is 0.124. The van der Waals surface area contributed by atoms with E-state index in [0.29, 0.717) is 0 Å². The molecule has 1 aliphatic rings. The maximum absolute atomic E-state index is 13.1. The molecule has 0 saturated heterocycles. The second-order valence-corrected chi connectivity index (χ2v) is 6.57. The molecule has 2 N–H and O–H groups in total. The van der Waals surface area contributed by atoms with Gasteiger partial charge in [-0.05, 0) is 46.0 Å². The van der Waals surface area contributed by atoms with Crippen molar-refractivity contribution < 1.29 is 28.2 Å². The van der Waals surface area contributed by atoms with E-state index in [4.69, 9.17) is 9.84 Å². The van der Waals surface area contributed by atoms with E-state index in [9.17, 15) is 18.4 Å². The minimum Gasteiger partial charge on any atom is -0.480 e. The van der Waals surface area contributed by atoms with Gasteiger partial charge in [0.1, 0.15) is 11.6 Å². The predicted octanol–water partition coefficient (Wildman–Crippen LogP) is 3.18. The number of carbonyl (C=O) groups excluding carboxylic acids is 1. The first-order valence-electron chi connectivity index (χ1n) is 7.09. The average molecular weight is 307 g/mol. The number of ether oxygens (including phenoxy) is 1. The van der Waals surface area contributed by atoms with Gasteiger partial charge in [-0.2, -0.15) is 0 Å². The number of nitrogens with one attached hydrogen (secondary N) is 1. The van der Waals surface area contributed by atoms with Crippen LogP contribution in [0.3, 0.4) is 0 Å². The van der Waals surface area contributed by atoms with Gasteiger partial charge < -0.3 is 15.2 Å². The molecule has 122 valence electrons. The van der Waals surface area contributed by atoms with Crippen LogP contribution in [0.1, 0.15) is 52.9 Å². The minimum atomic E-state index is -2.65. The highest BCUT2D eigenvalue weighted by molar-refractivity contribution is 5.80. The van der Waals surface area contributed by atoms with Crippen LogP contribution in [0.5, 0.6) is 0 Å². The van der Waals surface area contributed by atoms with Gasteiger partial charge in [-0.15, -0.1) is 0 Å². The van der Waals surface area contributed by atoms with Crippen LogP contribution in [0.2, 0.25) is 0 Å². The Bertz CT molecular complexity index is 383. The number of alkyl carbamates (subject to hydrolysis) is 1. The molecule has 1 atom stereocenters. The average Bonchev–Trinajstić information content (AvgIpc) is 2.28. The lowest BCUT2D eigenvalue weighted by Gasteiger charge is -2.30. The SMILES string of the molecule is CC(C)(C)OC(=O)N[C@H](CC1CCC(F)(F)CC1)C(=O)O. The predicted molar refractivity (Wildman–Crippen MR) is 72.3 cm³/mol. The lowest BCUT2D eigenvalue weighted by molar-refractivity contribution is -0.140. The van der Waals surface area contributed by atoms with Crippen molar-refractivity contribution in [1.82, 2.24) is 5.32 Å². The molecular formula is C14H23F2NO4. The molecule has 5 nitrogen and oxygen atoms in total. The molecule has 1 aliphatic carbocycles. The first kappa shape index (κ1) is 17.7. The fourth-order valence-electron chi connectivity index (χ4n) is 2.34. The van der Waals surface area contributed by atoms with Crippen LogP contribution in [-0.4, -0.2) is 34.7 Å². The Morgan fingerprint density at radius 2 is 1.86 bits per heavy atom. The molecule has 0 aromatic carbocycles. The Morgan fingerprint density at radius 1 is 1.33 bits per heavy atom. The molecule has 0 heterocycles. The normalized spacial score (nSPS) is 20.6. The van der Waals surface area contributed by atoms with Crippen molar-refractivity contribution >= 4 is 12.1 Å². The summed E-state index contributed by atoms with van der Waals surface area (Å²) in [7, 11) is 0. The van der Waals surface area contributed by atoms with Crippen molar-refractivity contribution in [3.63, 3.8) is 0 Å². The summed E-state index contributed by atoms with van der Waals surface area (Å²) in [5.41, 5.74) is -0.722. The van der Waals surface area contributed by atoms with Gasteiger partial charge in [-0.3, -0.25) is 0 Å². The van der Waals surface area contributed by atoms with Crippen molar-refractivity contribution in [3.8, 4) is 0 Å². The number of hydrogen-bond acceptors (Lipinski definition) is 3. The van der Waals surface area contributed by atoms with E-state index < -0.39 is 29.6 Å². The first-order chi connectivity index (χ1) is 9.48. The van der Waals surface area contributed by atoms with Gasteiger partial charge in [0.2, 0.25) is 5.92 Å². The molecule has 21 heavy (non-hydrogen) atoms. The summed E-state index contributed by atoms with van der Waals surface area (Å²) < 4.78 is 31.1. The maximum Gasteiger partial charge on any atom is 0.408 e. The third-order valence-corrected chi connectivity index (χ3v) is 3.39. The lowest BCUT2D eigenvalue weighted by Crippen LogP contribution is -2.45. The molecule has 0 unspecified atom stereocenters. The van der Waals surface area contributed by atoms with Crippen LogP contribution in [-0.2, 0) is 9.53 Å². The zero-order valence-corrected chi connectivity index (χ0v) is 12.6. The molecule has 1 fully saturated rings.